The molecular formula is C33H38N4O6S. The van der Waals surface area contributed by atoms with E-state index in [0.717, 1.165) is 35.4 Å². The van der Waals surface area contributed by atoms with Gasteiger partial charge in [0, 0.05) is 30.1 Å². The zero-order valence-electron chi connectivity index (χ0n) is 25.2. The number of aromatic nitrogens is 1. The number of likely N-dealkylation sites (tertiary alicyclic amines) is 1. The third kappa shape index (κ3) is 6.83. The van der Waals surface area contributed by atoms with Crippen LogP contribution in [-0.2, 0) is 14.8 Å². The SMILES string of the molecule is CCOc1cc2[nH]c(O)c(C(=Nc3ccc(N(CC(=O)N4CCCCC4)S(C)(=O)=O)cc3)c3ccccc3)c2cc1OCC. The number of aromatic amines is 1. The van der Waals surface area contributed by atoms with Crippen LogP contribution in [0.2, 0.25) is 0 Å². The van der Waals surface area contributed by atoms with Crippen LogP contribution in [0.3, 0.4) is 0 Å². The van der Waals surface area contributed by atoms with E-state index >= 15 is 0 Å². The van der Waals surface area contributed by atoms with Crippen LogP contribution in [0.15, 0.2) is 71.7 Å². The number of sulfonamides is 1. The van der Waals surface area contributed by atoms with Crippen molar-refractivity contribution < 1.29 is 27.8 Å². The second-order valence-electron chi connectivity index (χ2n) is 10.6. The number of carbonyl (C=O) groups is 1. The number of amides is 1. The molecule has 11 heteroatoms. The summed E-state index contributed by atoms with van der Waals surface area (Å²) in [5, 5.41) is 11.9. The normalized spacial score (nSPS) is 14.1. The van der Waals surface area contributed by atoms with Gasteiger partial charge in [-0.3, -0.25) is 9.10 Å². The number of fused-ring (bicyclic) bond motifs is 1. The highest BCUT2D eigenvalue weighted by molar-refractivity contribution is 7.92. The van der Waals surface area contributed by atoms with Gasteiger partial charge in [0.05, 0.1) is 47.6 Å². The number of aromatic hydroxyl groups is 1. The highest BCUT2D eigenvalue weighted by Gasteiger charge is 2.25. The number of hydrogen-bond acceptors (Lipinski definition) is 7. The van der Waals surface area contributed by atoms with Gasteiger partial charge in [0.25, 0.3) is 0 Å². The van der Waals surface area contributed by atoms with Crippen LogP contribution in [0.4, 0.5) is 11.4 Å². The zero-order chi connectivity index (χ0) is 31.3. The number of nitrogens with zero attached hydrogens (tertiary/aromatic N) is 3. The van der Waals surface area contributed by atoms with Crippen LogP contribution in [0, 0.1) is 0 Å². The molecule has 4 aromatic rings. The quantitative estimate of drug-likeness (QED) is 0.210. The fourth-order valence-electron chi connectivity index (χ4n) is 5.41. The minimum atomic E-state index is -3.72. The van der Waals surface area contributed by atoms with Gasteiger partial charge in [-0.05, 0) is 63.4 Å². The topological polar surface area (TPSA) is 125 Å². The maximum Gasteiger partial charge on any atom is 0.243 e. The number of carbonyl (C=O) groups excluding carboxylic acids is 1. The lowest BCUT2D eigenvalue weighted by Crippen LogP contribution is -2.44. The van der Waals surface area contributed by atoms with E-state index in [0.29, 0.717) is 71.4 Å². The van der Waals surface area contributed by atoms with Crippen LogP contribution < -0.4 is 13.8 Å². The number of anilines is 1. The van der Waals surface area contributed by atoms with Gasteiger partial charge < -0.3 is 24.5 Å². The minimum absolute atomic E-state index is 0.0604. The molecule has 10 nitrogen and oxygen atoms in total. The van der Waals surface area contributed by atoms with Gasteiger partial charge in [-0.2, -0.15) is 0 Å². The Morgan fingerprint density at radius 2 is 1.59 bits per heavy atom. The number of rotatable bonds is 11. The van der Waals surface area contributed by atoms with Crippen molar-refractivity contribution in [2.45, 2.75) is 33.1 Å². The molecule has 0 aliphatic carbocycles. The van der Waals surface area contributed by atoms with Crippen molar-refractivity contribution in [1.29, 1.82) is 0 Å². The number of piperidine rings is 1. The fourth-order valence-corrected chi connectivity index (χ4v) is 6.26. The number of H-pyrrole nitrogens is 1. The van der Waals surface area contributed by atoms with E-state index in [1.165, 1.54) is 0 Å². The Morgan fingerprint density at radius 1 is 0.955 bits per heavy atom. The molecule has 1 saturated heterocycles. The molecule has 2 N–H and O–H groups in total. The summed E-state index contributed by atoms with van der Waals surface area (Å²) in [5.41, 5.74) is 3.33. The molecule has 1 aliphatic rings. The lowest BCUT2D eigenvalue weighted by molar-refractivity contribution is -0.130. The molecule has 0 spiro atoms. The summed E-state index contributed by atoms with van der Waals surface area (Å²) in [6, 6.07) is 19.8. The summed E-state index contributed by atoms with van der Waals surface area (Å²) in [4.78, 5) is 22.7. The molecule has 0 bridgehead atoms. The molecule has 1 fully saturated rings. The molecule has 3 aromatic carbocycles. The van der Waals surface area contributed by atoms with Crippen LogP contribution in [-0.4, -0.2) is 74.1 Å². The first-order valence-electron chi connectivity index (χ1n) is 14.8. The summed E-state index contributed by atoms with van der Waals surface area (Å²) in [5.74, 6) is 0.851. The van der Waals surface area contributed by atoms with Crippen molar-refractivity contribution in [2.24, 2.45) is 4.99 Å². The van der Waals surface area contributed by atoms with Gasteiger partial charge in [0.15, 0.2) is 17.4 Å². The second-order valence-corrected chi connectivity index (χ2v) is 12.5. The number of nitrogens with one attached hydrogen (secondary N) is 1. The Labute approximate surface area is 258 Å². The van der Waals surface area contributed by atoms with Crippen molar-refractivity contribution in [2.75, 3.05) is 43.4 Å². The Balaban J connectivity index is 1.55. The smallest absolute Gasteiger partial charge is 0.243 e. The molecule has 1 aromatic heterocycles. The van der Waals surface area contributed by atoms with Crippen LogP contribution in [0.5, 0.6) is 17.4 Å². The van der Waals surface area contributed by atoms with Gasteiger partial charge in [0.1, 0.15) is 6.54 Å². The van der Waals surface area contributed by atoms with Crippen molar-refractivity contribution in [1.82, 2.24) is 9.88 Å². The first kappa shape index (κ1) is 30.9. The molecule has 1 aliphatic heterocycles. The summed E-state index contributed by atoms with van der Waals surface area (Å²) >= 11 is 0. The van der Waals surface area contributed by atoms with E-state index in [4.69, 9.17) is 14.5 Å². The highest BCUT2D eigenvalue weighted by Crippen LogP contribution is 2.39. The summed E-state index contributed by atoms with van der Waals surface area (Å²) < 4.78 is 38.2. The molecule has 44 heavy (non-hydrogen) atoms. The lowest BCUT2D eigenvalue weighted by atomic mass is 10.0. The second kappa shape index (κ2) is 13.4. The van der Waals surface area contributed by atoms with E-state index in [9.17, 15) is 18.3 Å². The first-order chi connectivity index (χ1) is 21.2. The van der Waals surface area contributed by atoms with E-state index in [2.05, 4.69) is 4.98 Å². The maximum atomic E-state index is 12.9. The maximum absolute atomic E-state index is 12.9. The van der Waals surface area contributed by atoms with Crippen molar-refractivity contribution in [3.8, 4) is 17.4 Å². The predicted molar refractivity (Wildman–Crippen MR) is 173 cm³/mol. The Morgan fingerprint density at radius 3 is 2.20 bits per heavy atom. The highest BCUT2D eigenvalue weighted by atomic mass is 32.2. The number of hydrogen-bond donors (Lipinski definition) is 2. The number of ether oxygens (including phenoxy) is 2. The molecule has 2 heterocycles. The molecule has 0 atom stereocenters. The van der Waals surface area contributed by atoms with Crippen LogP contribution >= 0.6 is 0 Å². The van der Waals surface area contributed by atoms with Gasteiger partial charge in [-0.1, -0.05) is 30.3 Å². The predicted octanol–water partition coefficient (Wildman–Crippen LogP) is 5.62. The summed E-state index contributed by atoms with van der Waals surface area (Å²) in [6.45, 7) is 5.72. The van der Waals surface area contributed by atoms with Gasteiger partial charge in [-0.25, -0.2) is 13.4 Å². The van der Waals surface area contributed by atoms with E-state index < -0.39 is 10.0 Å². The first-order valence-corrected chi connectivity index (χ1v) is 16.7. The minimum Gasteiger partial charge on any atom is -0.494 e. The van der Waals surface area contributed by atoms with E-state index in [1.807, 2.05) is 50.2 Å². The third-order valence-corrected chi connectivity index (χ3v) is 8.63. The Bertz CT molecular complexity index is 1740. The van der Waals surface area contributed by atoms with Gasteiger partial charge >= 0.3 is 0 Å². The van der Waals surface area contributed by atoms with E-state index in [-0.39, 0.29) is 18.3 Å². The summed E-state index contributed by atoms with van der Waals surface area (Å²) in [7, 11) is -3.72. The Hall–Kier alpha value is -4.51. The molecule has 5 rings (SSSR count). The lowest BCUT2D eigenvalue weighted by Gasteiger charge is -2.30. The zero-order valence-corrected chi connectivity index (χ0v) is 26.1. The standard InChI is InChI=1S/C33H38N4O6S/c1-4-42-28-20-26-27(21-29(28)43-5-2)35-33(39)31(26)32(23-12-8-6-9-13-23)34-24-14-16-25(17-15-24)37(44(3,40)41)22-30(38)36-18-10-7-11-19-36/h6,8-9,12-17,20-21,35,39H,4-5,7,10-11,18-19,22H2,1-3H3. The third-order valence-electron chi connectivity index (χ3n) is 7.49. The fraction of sp³-hybridized carbons (Fsp3) is 0.333. The molecule has 0 unspecified atom stereocenters. The average Bonchev–Trinajstić information content (AvgIpc) is 3.33. The molecule has 232 valence electrons. The molecule has 1 amide bonds. The van der Waals surface area contributed by atoms with Gasteiger partial charge in [-0.15, -0.1) is 0 Å². The van der Waals surface area contributed by atoms with Crippen molar-refractivity contribution >= 4 is 43.9 Å². The molecule has 0 radical (unpaired) electrons. The van der Waals surface area contributed by atoms with Crippen molar-refractivity contribution in [3.63, 3.8) is 0 Å². The van der Waals surface area contributed by atoms with Crippen LogP contribution in [0.25, 0.3) is 10.9 Å². The average molecular weight is 619 g/mol. The Kier molecular flexibility index (Phi) is 9.43. The molecule has 0 saturated carbocycles. The monoisotopic (exact) mass is 618 g/mol. The van der Waals surface area contributed by atoms with E-state index in [1.54, 1.807) is 35.2 Å². The summed E-state index contributed by atoms with van der Waals surface area (Å²) in [6.07, 6.45) is 4.02. The van der Waals surface area contributed by atoms with Crippen molar-refractivity contribution in [3.05, 3.63) is 77.9 Å². The number of benzene rings is 3. The largest absolute Gasteiger partial charge is 0.494 e. The number of aliphatic imine (C=N–C) groups is 1. The van der Waals surface area contributed by atoms with Gasteiger partial charge in [0.2, 0.25) is 15.9 Å². The van der Waals surface area contributed by atoms with Crippen LogP contribution in [0.1, 0.15) is 44.2 Å². The molecular weight excluding hydrogens is 580 g/mol.